The summed E-state index contributed by atoms with van der Waals surface area (Å²) in [6.45, 7) is 5.22. The molecule has 158 valence electrons. The molecule has 3 nitrogen and oxygen atoms in total. The average Bonchev–Trinajstić information content (AvgIpc) is 2.72. The van der Waals surface area contributed by atoms with E-state index in [1.807, 2.05) is 44.2 Å². The summed E-state index contributed by atoms with van der Waals surface area (Å²) in [4.78, 5) is 0. The third-order valence-electron chi connectivity index (χ3n) is 4.45. The second kappa shape index (κ2) is 10.5. The van der Waals surface area contributed by atoms with Gasteiger partial charge in [0.05, 0.1) is 16.7 Å². The molecule has 30 heavy (non-hydrogen) atoms. The highest BCUT2D eigenvalue weighted by molar-refractivity contribution is 6.42. The molecular weight excluding hydrogens is 464 g/mol. The number of nitrogens with one attached hydrogen (secondary N) is 1. The highest BCUT2D eigenvalue weighted by Gasteiger charge is 2.12. The van der Waals surface area contributed by atoms with Crippen molar-refractivity contribution in [3.63, 3.8) is 0 Å². The Kier molecular flexibility index (Phi) is 8.01. The van der Waals surface area contributed by atoms with Crippen LogP contribution in [0.4, 0.5) is 5.69 Å². The number of halogens is 4. The molecule has 1 N–H and O–H groups in total. The molecule has 3 rings (SSSR count). The molecule has 0 bridgehead atoms. The van der Waals surface area contributed by atoms with Gasteiger partial charge < -0.3 is 14.8 Å². The van der Waals surface area contributed by atoms with Gasteiger partial charge in [0.15, 0.2) is 11.5 Å². The van der Waals surface area contributed by atoms with Gasteiger partial charge in [-0.15, -0.1) is 0 Å². The summed E-state index contributed by atoms with van der Waals surface area (Å²) in [5.41, 5.74) is 3.73. The first-order chi connectivity index (χ1) is 14.4. The van der Waals surface area contributed by atoms with Crippen molar-refractivity contribution in [2.45, 2.75) is 27.0 Å². The Hall–Kier alpha value is -1.78. The number of anilines is 1. The quantitative estimate of drug-likeness (QED) is 0.349. The number of hydrogen-bond acceptors (Lipinski definition) is 3. The summed E-state index contributed by atoms with van der Waals surface area (Å²) in [5.74, 6) is 1.19. The minimum atomic E-state index is 0.312. The first-order valence-electron chi connectivity index (χ1n) is 9.39. The van der Waals surface area contributed by atoms with Gasteiger partial charge in [0, 0.05) is 28.3 Å². The lowest BCUT2D eigenvalue weighted by atomic mass is 10.1. The van der Waals surface area contributed by atoms with Crippen LogP contribution in [0.5, 0.6) is 11.5 Å². The smallest absolute Gasteiger partial charge is 0.163 e. The van der Waals surface area contributed by atoms with Gasteiger partial charge in [0.2, 0.25) is 0 Å². The molecule has 7 heteroatoms. The van der Waals surface area contributed by atoms with E-state index in [0.29, 0.717) is 51.3 Å². The molecule has 0 saturated carbocycles. The second-order valence-corrected chi connectivity index (χ2v) is 8.31. The zero-order chi connectivity index (χ0) is 21.7. The van der Waals surface area contributed by atoms with Gasteiger partial charge >= 0.3 is 0 Å². The largest absolute Gasteiger partial charge is 0.490 e. The van der Waals surface area contributed by atoms with Crippen molar-refractivity contribution in [2.24, 2.45) is 0 Å². The molecule has 0 atom stereocenters. The van der Waals surface area contributed by atoms with E-state index in [-0.39, 0.29) is 0 Å². The molecule has 0 saturated heterocycles. The molecule has 0 spiro atoms. The van der Waals surface area contributed by atoms with Gasteiger partial charge in [-0.2, -0.15) is 0 Å². The van der Waals surface area contributed by atoms with Gasteiger partial charge in [0.1, 0.15) is 6.61 Å². The molecule has 3 aromatic carbocycles. The predicted octanol–water partition coefficient (Wildman–Crippen LogP) is 8.20. The molecule has 0 radical (unpaired) electrons. The predicted molar refractivity (Wildman–Crippen MR) is 127 cm³/mol. The number of benzene rings is 3. The van der Waals surface area contributed by atoms with Crippen LogP contribution >= 0.6 is 46.4 Å². The van der Waals surface area contributed by atoms with E-state index in [4.69, 9.17) is 55.9 Å². The van der Waals surface area contributed by atoms with Crippen molar-refractivity contribution in [2.75, 3.05) is 11.9 Å². The van der Waals surface area contributed by atoms with Crippen molar-refractivity contribution in [3.8, 4) is 11.5 Å². The van der Waals surface area contributed by atoms with Crippen LogP contribution in [-0.2, 0) is 13.2 Å². The van der Waals surface area contributed by atoms with Gasteiger partial charge in [-0.3, -0.25) is 0 Å². The highest BCUT2D eigenvalue weighted by Crippen LogP contribution is 2.35. The van der Waals surface area contributed by atoms with Crippen LogP contribution in [-0.4, -0.2) is 6.61 Å². The van der Waals surface area contributed by atoms with E-state index >= 15 is 0 Å². The molecular formula is C23H21Cl4NO2. The molecule has 0 fully saturated rings. The summed E-state index contributed by atoms with van der Waals surface area (Å²) >= 11 is 24.8. The summed E-state index contributed by atoms with van der Waals surface area (Å²) in [7, 11) is 0. The van der Waals surface area contributed by atoms with Gasteiger partial charge in [-0.05, 0) is 60.9 Å². The lowest BCUT2D eigenvalue weighted by molar-refractivity contribution is 0.269. The number of hydrogen-bond donors (Lipinski definition) is 1. The zero-order valence-electron chi connectivity index (χ0n) is 16.6. The molecule has 0 aromatic heterocycles. The highest BCUT2D eigenvalue weighted by atomic mass is 35.5. The van der Waals surface area contributed by atoms with E-state index in [0.717, 1.165) is 22.4 Å². The maximum absolute atomic E-state index is 6.51. The minimum Gasteiger partial charge on any atom is -0.490 e. The SMILES string of the molecule is CCOc1cc(CNc2ccc(C)c(Cl)c2)c(Cl)cc1OCc1ccc(Cl)c(Cl)c1. The van der Waals surface area contributed by atoms with Crippen molar-refractivity contribution >= 4 is 52.1 Å². The first kappa shape index (κ1) is 22.9. The first-order valence-corrected chi connectivity index (χ1v) is 10.9. The maximum atomic E-state index is 6.51. The summed E-state index contributed by atoms with van der Waals surface area (Å²) < 4.78 is 11.7. The molecule has 0 aliphatic rings. The van der Waals surface area contributed by atoms with Crippen molar-refractivity contribution in [3.05, 3.63) is 85.3 Å². The zero-order valence-corrected chi connectivity index (χ0v) is 19.6. The Morgan fingerprint density at radius 1 is 0.767 bits per heavy atom. The van der Waals surface area contributed by atoms with E-state index in [2.05, 4.69) is 5.32 Å². The van der Waals surface area contributed by atoms with Gasteiger partial charge in [-0.1, -0.05) is 58.5 Å². The number of aryl methyl sites for hydroxylation is 1. The normalized spacial score (nSPS) is 10.7. The Bertz CT molecular complexity index is 1040. The van der Waals surface area contributed by atoms with Crippen LogP contribution in [0.2, 0.25) is 20.1 Å². The van der Waals surface area contributed by atoms with Crippen molar-refractivity contribution in [1.29, 1.82) is 0 Å². The summed E-state index contributed by atoms with van der Waals surface area (Å²) in [5, 5.41) is 5.62. The second-order valence-electron chi connectivity index (χ2n) is 6.68. The van der Waals surface area contributed by atoms with Crippen LogP contribution in [0.1, 0.15) is 23.6 Å². The van der Waals surface area contributed by atoms with Gasteiger partial charge in [0.25, 0.3) is 0 Å². The topological polar surface area (TPSA) is 30.5 Å². The molecule has 0 aliphatic heterocycles. The standard InChI is InChI=1S/C23H21Cl4NO2/c1-3-29-22-9-16(12-28-17-6-4-14(2)19(25)10-17)20(26)11-23(22)30-13-15-5-7-18(24)21(27)8-15/h4-11,28H,3,12-13H2,1-2H3. The fourth-order valence-corrected chi connectivity index (χ4v) is 3.51. The van der Waals surface area contributed by atoms with Gasteiger partial charge in [-0.25, -0.2) is 0 Å². The van der Waals surface area contributed by atoms with E-state index in [1.165, 1.54) is 0 Å². The number of ether oxygens (including phenoxy) is 2. The summed E-state index contributed by atoms with van der Waals surface area (Å²) in [6, 6.07) is 14.9. The van der Waals surface area contributed by atoms with Crippen LogP contribution in [0.3, 0.4) is 0 Å². The molecule has 0 unspecified atom stereocenters. The van der Waals surface area contributed by atoms with Crippen molar-refractivity contribution in [1.82, 2.24) is 0 Å². The van der Waals surface area contributed by atoms with E-state index < -0.39 is 0 Å². The van der Waals surface area contributed by atoms with Crippen LogP contribution in [0.25, 0.3) is 0 Å². The maximum Gasteiger partial charge on any atom is 0.163 e. The fraction of sp³-hybridized carbons (Fsp3) is 0.217. The molecule has 0 heterocycles. The summed E-state index contributed by atoms with van der Waals surface area (Å²) in [6.07, 6.45) is 0. The Morgan fingerprint density at radius 2 is 1.53 bits per heavy atom. The fourth-order valence-electron chi connectivity index (χ4n) is 2.78. The van der Waals surface area contributed by atoms with Crippen LogP contribution in [0, 0.1) is 6.92 Å². The third-order valence-corrected chi connectivity index (χ3v) is 5.94. The third kappa shape index (κ3) is 5.89. The monoisotopic (exact) mass is 483 g/mol. The Labute approximate surface area is 196 Å². The Balaban J connectivity index is 1.75. The van der Waals surface area contributed by atoms with Crippen LogP contribution < -0.4 is 14.8 Å². The minimum absolute atomic E-state index is 0.312. The van der Waals surface area contributed by atoms with Crippen LogP contribution in [0.15, 0.2) is 48.5 Å². The molecule has 0 amide bonds. The van der Waals surface area contributed by atoms with Crippen molar-refractivity contribution < 1.29 is 9.47 Å². The van der Waals surface area contributed by atoms with E-state index in [1.54, 1.807) is 18.2 Å². The lowest BCUT2D eigenvalue weighted by Gasteiger charge is -2.16. The molecule has 0 aliphatic carbocycles. The Morgan fingerprint density at radius 3 is 2.23 bits per heavy atom. The lowest BCUT2D eigenvalue weighted by Crippen LogP contribution is -2.04. The average molecular weight is 485 g/mol. The number of rotatable bonds is 8. The molecule has 3 aromatic rings. The van der Waals surface area contributed by atoms with E-state index in [9.17, 15) is 0 Å².